The molecule has 1 aliphatic heterocycles. The molecule has 1 heterocycles. The highest BCUT2D eigenvalue weighted by molar-refractivity contribution is 14.1. The summed E-state index contributed by atoms with van der Waals surface area (Å²) >= 11 is 2.24. The zero-order valence-electron chi connectivity index (χ0n) is 8.75. The molecule has 2 N–H and O–H groups in total. The summed E-state index contributed by atoms with van der Waals surface area (Å²) in [5, 5.41) is 0. The molecule has 0 radical (unpaired) electrons. The molecule has 3 nitrogen and oxygen atoms in total. The van der Waals surface area contributed by atoms with Crippen LogP contribution in [0.3, 0.4) is 0 Å². The molecule has 0 spiro atoms. The van der Waals surface area contributed by atoms with E-state index >= 15 is 0 Å². The Kier molecular flexibility index (Phi) is 2.41. The van der Waals surface area contributed by atoms with Crippen molar-refractivity contribution in [3.05, 3.63) is 23.8 Å². The lowest BCUT2D eigenvalue weighted by molar-refractivity contribution is 0.0842. The minimum Gasteiger partial charge on any atom is -0.399 e. The molecule has 0 aromatic heterocycles. The zero-order chi connectivity index (χ0) is 11.2. The van der Waals surface area contributed by atoms with Gasteiger partial charge in [-0.1, -0.05) is 13.8 Å². The average molecular weight is 316 g/mol. The lowest BCUT2D eigenvalue weighted by atomic mass is 9.81. The number of carbonyl (C=O) groups is 1. The van der Waals surface area contributed by atoms with E-state index < -0.39 is 0 Å². The molecule has 2 rings (SSSR count). The summed E-state index contributed by atoms with van der Waals surface area (Å²) in [4.78, 5) is 12.2. The van der Waals surface area contributed by atoms with E-state index in [1.54, 1.807) is 6.07 Å². The number of hydrogen-bond acceptors (Lipinski definition) is 3. The molecular formula is C11H13IN2O. The second-order valence-corrected chi connectivity index (χ2v) is 5.67. The normalized spacial score (nSPS) is 18.9. The second-order valence-electron chi connectivity index (χ2n) is 4.51. The quantitative estimate of drug-likeness (QED) is 0.455. The standard InChI is InChI=1S/C11H13IN2O/c1-11(2)6-14(12)9-4-3-7(13)5-8(9)10(11)15/h3-5H,6,13H2,1-2H3. The third-order valence-corrected chi connectivity index (χ3v) is 3.54. The molecule has 1 aromatic rings. The Bertz CT molecular complexity index is 429. The van der Waals surface area contributed by atoms with Gasteiger partial charge in [0.2, 0.25) is 0 Å². The Morgan fingerprint density at radius 2 is 2.13 bits per heavy atom. The highest BCUT2D eigenvalue weighted by Crippen LogP contribution is 2.38. The SMILES string of the molecule is CC1(C)CN(I)c2ccc(N)cc2C1=O. The second kappa shape index (κ2) is 3.37. The molecule has 0 saturated carbocycles. The molecule has 1 aromatic carbocycles. The first-order valence-electron chi connectivity index (χ1n) is 4.79. The minimum absolute atomic E-state index is 0.178. The molecule has 0 unspecified atom stereocenters. The number of nitrogen functional groups attached to an aromatic ring is 1. The van der Waals surface area contributed by atoms with Crippen LogP contribution in [0.5, 0.6) is 0 Å². The van der Waals surface area contributed by atoms with E-state index in [-0.39, 0.29) is 11.2 Å². The van der Waals surface area contributed by atoms with Crippen molar-refractivity contribution < 1.29 is 4.79 Å². The van der Waals surface area contributed by atoms with Gasteiger partial charge in [0.15, 0.2) is 5.78 Å². The van der Waals surface area contributed by atoms with Gasteiger partial charge in [-0.15, -0.1) is 0 Å². The Morgan fingerprint density at radius 1 is 1.47 bits per heavy atom. The monoisotopic (exact) mass is 316 g/mol. The molecule has 0 fully saturated rings. The van der Waals surface area contributed by atoms with E-state index in [0.29, 0.717) is 5.69 Å². The fourth-order valence-corrected chi connectivity index (χ4v) is 3.09. The zero-order valence-corrected chi connectivity index (χ0v) is 10.9. The number of fused-ring (bicyclic) bond motifs is 1. The number of anilines is 2. The lowest BCUT2D eigenvalue weighted by Gasteiger charge is -2.35. The van der Waals surface area contributed by atoms with Crippen molar-refractivity contribution in [2.45, 2.75) is 13.8 Å². The smallest absolute Gasteiger partial charge is 0.172 e. The van der Waals surface area contributed by atoms with Crippen LogP contribution in [0.15, 0.2) is 18.2 Å². The number of hydrogen-bond donors (Lipinski definition) is 1. The van der Waals surface area contributed by atoms with Gasteiger partial charge in [-0.2, -0.15) is 0 Å². The van der Waals surface area contributed by atoms with Gasteiger partial charge in [0.05, 0.1) is 28.6 Å². The van der Waals surface area contributed by atoms with Crippen LogP contribution in [0.25, 0.3) is 0 Å². The number of ketones is 1. The molecule has 0 atom stereocenters. The van der Waals surface area contributed by atoms with Crippen molar-refractivity contribution in [3.8, 4) is 0 Å². The van der Waals surface area contributed by atoms with Crippen LogP contribution in [0.4, 0.5) is 11.4 Å². The molecule has 0 bridgehead atoms. The van der Waals surface area contributed by atoms with E-state index in [1.807, 2.05) is 26.0 Å². The summed E-state index contributed by atoms with van der Waals surface area (Å²) < 4.78 is 2.08. The first-order valence-corrected chi connectivity index (χ1v) is 5.76. The van der Waals surface area contributed by atoms with Gasteiger partial charge in [0.1, 0.15) is 0 Å². The van der Waals surface area contributed by atoms with Gasteiger partial charge in [-0.05, 0) is 18.2 Å². The Balaban J connectivity index is 2.60. The van der Waals surface area contributed by atoms with Crippen molar-refractivity contribution in [3.63, 3.8) is 0 Å². The van der Waals surface area contributed by atoms with Gasteiger partial charge in [0.25, 0.3) is 0 Å². The Hall–Kier alpha value is -0.780. The van der Waals surface area contributed by atoms with E-state index in [1.165, 1.54) is 0 Å². The van der Waals surface area contributed by atoms with E-state index in [2.05, 4.69) is 26.0 Å². The van der Waals surface area contributed by atoms with Crippen molar-refractivity contribution in [1.29, 1.82) is 0 Å². The molecule has 15 heavy (non-hydrogen) atoms. The summed E-state index contributed by atoms with van der Waals surface area (Å²) in [6.07, 6.45) is 0. The van der Waals surface area contributed by atoms with Crippen molar-refractivity contribution in [2.75, 3.05) is 15.4 Å². The molecular weight excluding hydrogens is 303 g/mol. The van der Waals surface area contributed by atoms with Gasteiger partial charge in [-0.25, -0.2) is 0 Å². The van der Waals surface area contributed by atoms with Gasteiger partial charge < -0.3 is 8.85 Å². The van der Waals surface area contributed by atoms with Crippen LogP contribution in [0.2, 0.25) is 0 Å². The average Bonchev–Trinajstić information content (AvgIpc) is 2.13. The molecule has 80 valence electrons. The van der Waals surface area contributed by atoms with E-state index in [9.17, 15) is 4.79 Å². The van der Waals surface area contributed by atoms with Crippen molar-refractivity contribution >= 4 is 40.0 Å². The maximum atomic E-state index is 12.2. The Morgan fingerprint density at radius 3 is 2.80 bits per heavy atom. The summed E-state index contributed by atoms with van der Waals surface area (Å²) in [5.41, 5.74) is 7.72. The summed E-state index contributed by atoms with van der Waals surface area (Å²) in [7, 11) is 0. The van der Waals surface area contributed by atoms with Crippen LogP contribution in [0.1, 0.15) is 24.2 Å². The highest BCUT2D eigenvalue weighted by atomic mass is 127. The van der Waals surface area contributed by atoms with E-state index in [4.69, 9.17) is 5.73 Å². The van der Waals surface area contributed by atoms with Crippen molar-refractivity contribution in [1.82, 2.24) is 0 Å². The predicted octanol–water partition coefficient (Wildman–Crippen LogP) is 2.65. The number of benzene rings is 1. The van der Waals surface area contributed by atoms with E-state index in [0.717, 1.165) is 17.8 Å². The number of nitrogens with two attached hydrogens (primary N) is 1. The number of Topliss-reactive ketones (excluding diaryl/α,β-unsaturated/α-hetero) is 1. The summed E-state index contributed by atoms with van der Waals surface area (Å²) in [6.45, 7) is 4.67. The maximum absolute atomic E-state index is 12.2. The van der Waals surface area contributed by atoms with Gasteiger partial charge in [-0.3, -0.25) is 4.79 Å². The first-order chi connectivity index (χ1) is 6.92. The summed E-state index contributed by atoms with van der Waals surface area (Å²) in [5.74, 6) is 0.178. The topological polar surface area (TPSA) is 46.3 Å². The number of carbonyl (C=O) groups excluding carboxylic acids is 1. The fourth-order valence-electron chi connectivity index (χ4n) is 1.82. The molecule has 0 saturated heterocycles. The largest absolute Gasteiger partial charge is 0.399 e. The van der Waals surface area contributed by atoms with Crippen LogP contribution in [-0.2, 0) is 0 Å². The Labute approximate surface area is 103 Å². The predicted molar refractivity (Wildman–Crippen MR) is 70.3 cm³/mol. The fraction of sp³-hybridized carbons (Fsp3) is 0.364. The maximum Gasteiger partial charge on any atom is 0.172 e. The van der Waals surface area contributed by atoms with Crippen LogP contribution >= 0.6 is 22.9 Å². The third-order valence-electron chi connectivity index (χ3n) is 2.68. The minimum atomic E-state index is -0.331. The van der Waals surface area contributed by atoms with Crippen LogP contribution in [-0.4, -0.2) is 12.3 Å². The number of halogens is 1. The highest BCUT2D eigenvalue weighted by Gasteiger charge is 2.37. The summed E-state index contributed by atoms with van der Waals surface area (Å²) in [6, 6.07) is 5.50. The van der Waals surface area contributed by atoms with Crippen molar-refractivity contribution in [2.24, 2.45) is 5.41 Å². The van der Waals surface area contributed by atoms with Gasteiger partial charge >= 0.3 is 0 Å². The molecule has 0 aliphatic carbocycles. The van der Waals surface area contributed by atoms with Gasteiger partial charge in [0, 0.05) is 23.2 Å². The molecule has 1 aliphatic rings. The van der Waals surface area contributed by atoms with Crippen LogP contribution in [0, 0.1) is 5.41 Å². The third kappa shape index (κ3) is 1.71. The number of rotatable bonds is 0. The number of nitrogens with zero attached hydrogens (tertiary/aromatic N) is 1. The lowest BCUT2D eigenvalue weighted by Crippen LogP contribution is -2.40. The molecule has 0 amide bonds. The first kappa shape index (κ1) is 10.7. The van der Waals surface area contributed by atoms with Crippen LogP contribution < -0.4 is 8.85 Å². The molecule has 4 heteroatoms.